The Morgan fingerprint density at radius 1 is 1.05 bits per heavy atom. The van der Waals surface area contributed by atoms with E-state index < -0.39 is 109 Å². The minimum atomic E-state index is -1.48. The molecule has 1 aromatic heterocycles. The van der Waals surface area contributed by atoms with Crippen molar-refractivity contribution < 1.29 is 62.9 Å². The van der Waals surface area contributed by atoms with Gasteiger partial charge in [0, 0.05) is 51.2 Å². The number of nitrogens with zero attached hydrogens (tertiary/aromatic N) is 2. The van der Waals surface area contributed by atoms with Gasteiger partial charge in [-0.2, -0.15) is 0 Å². The molecule has 0 aliphatic carbocycles. The van der Waals surface area contributed by atoms with Gasteiger partial charge in [0.15, 0.2) is 24.5 Å². The van der Waals surface area contributed by atoms with Crippen LogP contribution in [-0.2, 0) is 54.1 Å². The Balaban J connectivity index is 1.63. The molecule has 0 amide bonds. The van der Waals surface area contributed by atoms with Crippen molar-refractivity contribution in [2.75, 3.05) is 27.7 Å². The number of hydrogen-bond acceptors (Lipinski definition) is 16. The van der Waals surface area contributed by atoms with Crippen LogP contribution in [0.3, 0.4) is 0 Å². The molecule has 0 saturated carbocycles. The summed E-state index contributed by atoms with van der Waals surface area (Å²) in [6.07, 6.45) is 0.482. The molecule has 0 bridgehead atoms. The topological polar surface area (TPSA) is 205 Å². The lowest BCUT2D eigenvalue weighted by molar-refractivity contribution is -0.344. The summed E-state index contributed by atoms with van der Waals surface area (Å²) in [5.41, 5.74) is -0.498. The first-order chi connectivity index (χ1) is 29.3. The van der Waals surface area contributed by atoms with Gasteiger partial charge in [-0.3, -0.25) is 19.4 Å². The van der Waals surface area contributed by atoms with Gasteiger partial charge in [0.1, 0.15) is 30.0 Å². The highest BCUT2D eigenvalue weighted by molar-refractivity contribution is 5.91. The van der Waals surface area contributed by atoms with Gasteiger partial charge in [-0.25, -0.2) is 0 Å². The van der Waals surface area contributed by atoms with Crippen LogP contribution in [0.4, 0.5) is 0 Å². The van der Waals surface area contributed by atoms with Crippen molar-refractivity contribution in [1.29, 1.82) is 0 Å². The van der Waals surface area contributed by atoms with Crippen LogP contribution >= 0.6 is 0 Å². The van der Waals surface area contributed by atoms with Gasteiger partial charge in [0.25, 0.3) is 0 Å². The maximum Gasteiger partial charge on any atom is 0.308 e. The van der Waals surface area contributed by atoms with Crippen LogP contribution in [0.5, 0.6) is 0 Å². The molecule has 4 rings (SSSR count). The lowest BCUT2D eigenvalue weighted by Crippen LogP contribution is -2.66. The van der Waals surface area contributed by atoms with Crippen molar-refractivity contribution in [1.82, 2.24) is 15.2 Å². The molecular formula is C46H73N3O13. The third-order valence-electron chi connectivity index (χ3n) is 11.8. The minimum absolute atomic E-state index is 0.0219. The Morgan fingerprint density at radius 2 is 1.79 bits per heavy atom. The molecule has 62 heavy (non-hydrogen) atoms. The molecule has 3 aliphatic rings. The average Bonchev–Trinajstić information content (AvgIpc) is 3.18. The number of pyridine rings is 1. The van der Waals surface area contributed by atoms with Crippen molar-refractivity contribution in [3.05, 3.63) is 54.4 Å². The van der Waals surface area contributed by atoms with Gasteiger partial charge in [-0.1, -0.05) is 45.1 Å². The van der Waals surface area contributed by atoms with Crippen molar-refractivity contribution in [3.8, 4) is 0 Å². The SMILES string of the molecule is CO[C@@H]1[C@@H](O[C@@H]2O[C@H](C)[C@@H](O[C@H]3C[C@@](C)(O)[C@@H](OC(=O)CC(C)C)[C@H](C)O3)[C@H](N(C)C)[C@H]2O)[C@@H](CCNCc2cccnc2)C[C@@H](C)C(=O)/C=C/C=C\C[C@@H](C)OC(=O)C[C@@H]1O. The number of aromatic nitrogens is 1. The fourth-order valence-corrected chi connectivity index (χ4v) is 8.63. The number of ketones is 1. The number of aliphatic hydroxyl groups excluding tert-OH is 2. The first-order valence-electron chi connectivity index (χ1n) is 22.1. The molecule has 0 spiro atoms. The third kappa shape index (κ3) is 15.0. The summed E-state index contributed by atoms with van der Waals surface area (Å²) in [4.78, 5) is 45.2. The van der Waals surface area contributed by atoms with Crippen LogP contribution in [-0.4, -0.2) is 150 Å². The molecule has 15 atom stereocenters. The second-order valence-electron chi connectivity index (χ2n) is 18.1. The highest BCUT2D eigenvalue weighted by Gasteiger charge is 2.52. The van der Waals surface area contributed by atoms with E-state index in [1.54, 1.807) is 71.2 Å². The van der Waals surface area contributed by atoms with Gasteiger partial charge in [-0.05, 0) is 90.7 Å². The molecule has 350 valence electrons. The molecule has 0 aromatic carbocycles. The van der Waals surface area contributed by atoms with Crippen LogP contribution in [0.15, 0.2) is 48.8 Å². The van der Waals surface area contributed by atoms with Crippen molar-refractivity contribution in [2.24, 2.45) is 17.8 Å². The first kappa shape index (κ1) is 51.5. The summed E-state index contributed by atoms with van der Waals surface area (Å²) in [6.45, 7) is 13.5. The molecule has 16 heteroatoms. The summed E-state index contributed by atoms with van der Waals surface area (Å²) in [6, 6.07) is 3.09. The monoisotopic (exact) mass is 876 g/mol. The largest absolute Gasteiger partial charge is 0.462 e. The Morgan fingerprint density at radius 3 is 2.44 bits per heavy atom. The second-order valence-corrected chi connectivity index (χ2v) is 18.1. The predicted molar refractivity (Wildman–Crippen MR) is 229 cm³/mol. The lowest BCUT2D eigenvalue weighted by Gasteiger charge is -2.50. The maximum atomic E-state index is 13.5. The predicted octanol–water partition coefficient (Wildman–Crippen LogP) is 3.64. The smallest absolute Gasteiger partial charge is 0.308 e. The molecule has 2 saturated heterocycles. The van der Waals surface area contributed by atoms with Crippen LogP contribution in [0, 0.1) is 17.8 Å². The number of allylic oxidation sites excluding steroid dienone is 3. The Hall–Kier alpha value is -3.16. The number of cyclic esters (lactones) is 1. The van der Waals surface area contributed by atoms with Gasteiger partial charge < -0.3 is 58.7 Å². The second kappa shape index (κ2) is 24.2. The molecule has 4 heterocycles. The normalized spacial score (nSPS) is 37.8. The molecule has 3 aliphatic heterocycles. The van der Waals surface area contributed by atoms with E-state index >= 15 is 0 Å². The van der Waals surface area contributed by atoms with Gasteiger partial charge in [0.2, 0.25) is 0 Å². The van der Waals surface area contributed by atoms with Crippen LogP contribution < -0.4 is 5.32 Å². The Bertz CT molecular complexity index is 1610. The first-order valence-corrected chi connectivity index (χ1v) is 22.1. The summed E-state index contributed by atoms with van der Waals surface area (Å²) < 4.78 is 43.3. The van der Waals surface area contributed by atoms with Gasteiger partial charge in [0.05, 0.1) is 36.9 Å². The molecule has 0 unspecified atom stereocenters. The van der Waals surface area contributed by atoms with E-state index in [9.17, 15) is 29.7 Å². The molecule has 0 radical (unpaired) electrons. The van der Waals surface area contributed by atoms with E-state index in [4.69, 9.17) is 33.2 Å². The molecule has 16 nitrogen and oxygen atoms in total. The van der Waals surface area contributed by atoms with Crippen LogP contribution in [0.2, 0.25) is 0 Å². The fraction of sp³-hybridized carbons (Fsp3) is 0.739. The van der Waals surface area contributed by atoms with E-state index in [1.165, 1.54) is 13.2 Å². The minimum Gasteiger partial charge on any atom is -0.462 e. The van der Waals surface area contributed by atoms with E-state index in [1.807, 2.05) is 39.0 Å². The van der Waals surface area contributed by atoms with Crippen LogP contribution in [0.1, 0.15) is 92.6 Å². The summed E-state index contributed by atoms with van der Waals surface area (Å²) in [5, 5.41) is 38.9. The third-order valence-corrected chi connectivity index (χ3v) is 11.8. The quantitative estimate of drug-likeness (QED) is 0.156. The number of methoxy groups -OCH3 is 1. The molecule has 2 fully saturated rings. The fourth-order valence-electron chi connectivity index (χ4n) is 8.63. The molecular weight excluding hydrogens is 803 g/mol. The summed E-state index contributed by atoms with van der Waals surface area (Å²) >= 11 is 0. The number of carbonyl (C=O) groups is 3. The number of carbonyl (C=O) groups excluding carboxylic acids is 3. The average molecular weight is 876 g/mol. The van der Waals surface area contributed by atoms with E-state index in [2.05, 4.69) is 10.3 Å². The van der Waals surface area contributed by atoms with Crippen molar-refractivity contribution in [3.63, 3.8) is 0 Å². The number of ether oxygens (including phenoxy) is 7. The van der Waals surface area contributed by atoms with Gasteiger partial charge in [-0.15, -0.1) is 0 Å². The standard InChI is InChI=1S/C46H73N3O13/c1-27(2)21-36(52)60-44-31(6)58-38(24-46(44,7)55)61-41-30(5)59-45(40(54)39(41)49(8)9)62-42-33(18-20-48-26-32-16-14-19-47-25-32)22-28(3)34(50)17-13-11-12-15-29(4)57-37(53)23-35(51)43(42)56-10/h11-14,16-17,19,25,27-31,33,35,38-45,48,51,54-55H,15,18,20-24,26H2,1-10H3/b12-11-,17-13+/t28-,29-,30-,31+,33+,35+,38+,39-,40-,41-,42+,43+,44+,45+,46-/m1/s1. The zero-order chi connectivity index (χ0) is 45.7. The van der Waals surface area contributed by atoms with Gasteiger partial charge >= 0.3 is 11.9 Å². The number of rotatable bonds is 14. The number of esters is 2. The van der Waals surface area contributed by atoms with Crippen LogP contribution in [0.25, 0.3) is 0 Å². The zero-order valence-corrected chi connectivity index (χ0v) is 38.3. The van der Waals surface area contributed by atoms with E-state index in [0.717, 1.165) is 5.56 Å². The highest BCUT2D eigenvalue weighted by Crippen LogP contribution is 2.37. The lowest BCUT2D eigenvalue weighted by atomic mass is 9.82. The zero-order valence-electron chi connectivity index (χ0n) is 38.3. The van der Waals surface area contributed by atoms with Crippen molar-refractivity contribution >= 4 is 17.7 Å². The van der Waals surface area contributed by atoms with Crippen molar-refractivity contribution in [2.45, 2.75) is 173 Å². The van der Waals surface area contributed by atoms with E-state index in [0.29, 0.717) is 32.4 Å². The molecule has 4 N–H and O–H groups in total. The summed E-state index contributed by atoms with van der Waals surface area (Å²) in [7, 11) is 4.99. The highest BCUT2D eigenvalue weighted by atomic mass is 16.7. The maximum absolute atomic E-state index is 13.5. The number of hydrogen-bond donors (Lipinski definition) is 4. The van der Waals surface area contributed by atoms with E-state index in [-0.39, 0.29) is 24.5 Å². The molecule has 1 aromatic rings. The Labute approximate surface area is 367 Å². The number of nitrogens with one attached hydrogen (secondary N) is 1. The summed E-state index contributed by atoms with van der Waals surface area (Å²) in [5.74, 6) is -2.01. The number of likely N-dealkylation sites (N-methyl/N-ethyl adjacent to an activating group) is 1. The number of aliphatic hydroxyl groups is 3. The Kier molecular flexibility index (Phi) is 20.1.